The van der Waals surface area contributed by atoms with Gasteiger partial charge in [0.1, 0.15) is 11.4 Å². The first kappa shape index (κ1) is 27.2. The molecule has 2 aromatic heterocycles. The molecule has 0 saturated carbocycles. The van der Waals surface area contributed by atoms with Crippen LogP contribution in [0.3, 0.4) is 0 Å². The van der Waals surface area contributed by atoms with Crippen LogP contribution >= 0.6 is 34.8 Å². The average molecular weight is 563 g/mol. The Morgan fingerprint density at radius 2 is 1.86 bits per heavy atom. The number of amides is 2. The zero-order valence-electron chi connectivity index (χ0n) is 18.6. The number of hydrogen-bond acceptors (Lipinski definition) is 4. The van der Waals surface area contributed by atoms with Gasteiger partial charge in [-0.15, -0.1) is 0 Å². The highest BCUT2D eigenvalue weighted by atomic mass is 35.5. The Bertz CT molecular complexity index is 1290. The summed E-state index contributed by atoms with van der Waals surface area (Å²) in [7, 11) is -0.408. The molecule has 186 valence electrons. The molecular weight excluding hydrogens is 543 g/mol. The van der Waals surface area contributed by atoms with E-state index in [9.17, 15) is 18.4 Å². The maximum absolute atomic E-state index is 13.4. The molecule has 0 aliphatic carbocycles. The Labute approximate surface area is 217 Å². The summed E-state index contributed by atoms with van der Waals surface area (Å²) in [6, 6.07) is 6.85. The largest absolute Gasteiger partial charge is 0.319 e. The lowest BCUT2D eigenvalue weighted by Gasteiger charge is -2.14. The summed E-state index contributed by atoms with van der Waals surface area (Å²) in [5.74, 6) is 0.247. The lowest BCUT2D eigenvalue weighted by molar-refractivity contribution is -0.116. The fourth-order valence-electron chi connectivity index (χ4n) is 3.12. The summed E-state index contributed by atoms with van der Waals surface area (Å²) in [6.45, 7) is 3.88. The Morgan fingerprint density at radius 1 is 1.14 bits per heavy atom. The number of nitrogens with one attached hydrogen (secondary N) is 1. The smallest absolute Gasteiger partial charge is 0.282 e. The number of aromatic nitrogens is 3. The van der Waals surface area contributed by atoms with Crippen LogP contribution in [0.2, 0.25) is 15.1 Å². The third-order valence-electron chi connectivity index (χ3n) is 4.74. The van der Waals surface area contributed by atoms with Gasteiger partial charge >= 0.3 is 0 Å². The van der Waals surface area contributed by atoms with Gasteiger partial charge in [-0.1, -0.05) is 59.3 Å². The molecule has 1 N–H and O–H groups in total. The van der Waals surface area contributed by atoms with Crippen molar-refractivity contribution in [3.8, 4) is 5.82 Å². The van der Waals surface area contributed by atoms with Crippen LogP contribution in [0.4, 0.5) is 14.5 Å². The predicted molar refractivity (Wildman–Crippen MR) is 135 cm³/mol. The Kier molecular flexibility index (Phi) is 9.34. The number of alkyl halides is 2. The number of pyridine rings is 1. The standard InChI is InChI=1S/C22H20Cl3F2N5O2S/c1-3-35(4-2)31-18(33)9-12-8-13(23)10-15(25)19(12)29-22(34)17-11-16(20(26)27)30-32(17)21-14(24)6-5-7-28-21/h5-8,10-11,20H,3-4,9H2,1-2H3,(H,29,34). The van der Waals surface area contributed by atoms with E-state index < -0.39 is 34.6 Å². The molecule has 0 atom stereocenters. The van der Waals surface area contributed by atoms with Gasteiger partial charge in [-0.05, 0) is 35.9 Å². The summed E-state index contributed by atoms with van der Waals surface area (Å²) in [5, 5.41) is 6.81. The molecular formula is C22H20Cl3F2N5O2S. The van der Waals surface area contributed by atoms with Gasteiger partial charge in [0.05, 0.1) is 22.2 Å². The Morgan fingerprint density at radius 3 is 2.49 bits per heavy atom. The van der Waals surface area contributed by atoms with Gasteiger partial charge in [0.25, 0.3) is 18.2 Å². The molecule has 35 heavy (non-hydrogen) atoms. The molecule has 0 unspecified atom stereocenters. The molecule has 3 rings (SSSR count). The van der Waals surface area contributed by atoms with E-state index in [4.69, 9.17) is 34.8 Å². The van der Waals surface area contributed by atoms with Crippen molar-refractivity contribution < 1.29 is 18.4 Å². The first-order chi connectivity index (χ1) is 16.6. The molecule has 13 heteroatoms. The number of halogens is 5. The lowest BCUT2D eigenvalue weighted by atomic mass is 10.1. The third kappa shape index (κ3) is 6.63. The minimum atomic E-state index is -2.94. The summed E-state index contributed by atoms with van der Waals surface area (Å²) in [4.78, 5) is 29.8. The van der Waals surface area contributed by atoms with Crippen molar-refractivity contribution in [1.82, 2.24) is 14.8 Å². The van der Waals surface area contributed by atoms with E-state index >= 15 is 0 Å². The van der Waals surface area contributed by atoms with Crippen LogP contribution in [-0.4, -0.2) is 38.1 Å². The maximum atomic E-state index is 13.4. The second-order valence-corrected chi connectivity index (χ2v) is 10.6. The molecule has 0 bridgehead atoms. The molecule has 0 spiro atoms. The van der Waals surface area contributed by atoms with Gasteiger partial charge in [0, 0.05) is 22.7 Å². The molecule has 1 aromatic carbocycles. The maximum Gasteiger partial charge on any atom is 0.282 e. The minimum absolute atomic E-state index is 0.00575. The molecule has 2 heterocycles. The molecule has 0 aliphatic rings. The number of anilines is 1. The van der Waals surface area contributed by atoms with Crippen LogP contribution < -0.4 is 5.32 Å². The lowest BCUT2D eigenvalue weighted by Crippen LogP contribution is -2.19. The molecule has 3 aromatic rings. The Balaban J connectivity index is 2.01. The van der Waals surface area contributed by atoms with Gasteiger partial charge in [-0.25, -0.2) is 18.4 Å². The van der Waals surface area contributed by atoms with Gasteiger partial charge in [0.2, 0.25) is 0 Å². The van der Waals surface area contributed by atoms with Gasteiger partial charge in [-0.2, -0.15) is 9.46 Å². The fourth-order valence-corrected chi connectivity index (χ4v) is 4.92. The van der Waals surface area contributed by atoms with Gasteiger partial charge in [-0.3, -0.25) is 9.59 Å². The minimum Gasteiger partial charge on any atom is -0.319 e. The highest BCUT2D eigenvalue weighted by Crippen LogP contribution is 2.32. The van der Waals surface area contributed by atoms with Crippen molar-refractivity contribution in [1.29, 1.82) is 0 Å². The van der Waals surface area contributed by atoms with E-state index in [1.807, 2.05) is 13.8 Å². The number of carbonyl (C=O) groups excluding carboxylic acids is 2. The van der Waals surface area contributed by atoms with Crippen LogP contribution in [0.15, 0.2) is 40.9 Å². The first-order valence-corrected chi connectivity index (χ1v) is 13.0. The molecule has 0 fully saturated rings. The van der Waals surface area contributed by atoms with Crippen LogP contribution in [0.1, 0.15) is 42.0 Å². The zero-order chi connectivity index (χ0) is 25.7. The van der Waals surface area contributed by atoms with Crippen molar-refractivity contribution in [2.24, 2.45) is 4.36 Å². The number of carbonyl (C=O) groups is 2. The van der Waals surface area contributed by atoms with Gasteiger partial charge < -0.3 is 5.32 Å². The molecule has 0 aliphatic heterocycles. The summed E-state index contributed by atoms with van der Waals surface area (Å²) in [5.41, 5.74) is -0.459. The van der Waals surface area contributed by atoms with Crippen LogP contribution in [0.25, 0.3) is 5.82 Å². The van der Waals surface area contributed by atoms with Crippen LogP contribution in [0, 0.1) is 0 Å². The number of hydrogen-bond donors (Lipinski definition) is 1. The highest BCUT2D eigenvalue weighted by Gasteiger charge is 2.24. The van der Waals surface area contributed by atoms with Crippen molar-refractivity contribution in [3.05, 3.63) is 68.5 Å². The summed E-state index contributed by atoms with van der Waals surface area (Å²) < 4.78 is 31.9. The van der Waals surface area contributed by atoms with Crippen LogP contribution in [-0.2, 0) is 21.9 Å². The van der Waals surface area contributed by atoms with E-state index in [1.165, 1.54) is 24.4 Å². The molecule has 2 amide bonds. The number of rotatable bonds is 8. The van der Waals surface area contributed by atoms with Crippen molar-refractivity contribution >= 4 is 63.0 Å². The van der Waals surface area contributed by atoms with Crippen molar-refractivity contribution in [3.63, 3.8) is 0 Å². The number of benzene rings is 1. The van der Waals surface area contributed by atoms with Crippen molar-refractivity contribution in [2.45, 2.75) is 26.7 Å². The second kappa shape index (κ2) is 12.0. The molecule has 7 nitrogen and oxygen atoms in total. The highest BCUT2D eigenvalue weighted by molar-refractivity contribution is 7.87. The van der Waals surface area contributed by atoms with Gasteiger partial charge in [0.15, 0.2) is 5.82 Å². The normalized spacial score (nSPS) is 11.2. The topological polar surface area (TPSA) is 89.2 Å². The van der Waals surface area contributed by atoms with E-state index in [-0.39, 0.29) is 38.7 Å². The van der Waals surface area contributed by atoms with E-state index in [2.05, 4.69) is 19.8 Å². The first-order valence-electron chi connectivity index (χ1n) is 10.3. The van der Waals surface area contributed by atoms with E-state index in [0.29, 0.717) is 5.56 Å². The predicted octanol–water partition coefficient (Wildman–Crippen LogP) is 6.33. The molecule has 0 saturated heterocycles. The summed E-state index contributed by atoms with van der Waals surface area (Å²) >= 11 is 18.6. The van der Waals surface area contributed by atoms with Crippen molar-refractivity contribution in [2.75, 3.05) is 16.8 Å². The summed E-state index contributed by atoms with van der Waals surface area (Å²) in [6.07, 6.45) is -1.71. The SMILES string of the molecule is CCS(CC)=NC(=O)Cc1cc(Cl)cc(Cl)c1NC(=O)c1cc(C(F)F)nn1-c1ncccc1Cl. The van der Waals surface area contributed by atoms with E-state index in [1.54, 1.807) is 6.07 Å². The van der Waals surface area contributed by atoms with Crippen LogP contribution in [0.5, 0.6) is 0 Å². The number of nitrogens with zero attached hydrogens (tertiary/aromatic N) is 4. The van der Waals surface area contributed by atoms with E-state index in [0.717, 1.165) is 22.3 Å². The molecule has 0 radical (unpaired) electrons. The fraction of sp³-hybridized carbons (Fsp3) is 0.273. The monoisotopic (exact) mass is 561 g/mol. The zero-order valence-corrected chi connectivity index (χ0v) is 21.7. The quantitative estimate of drug-likeness (QED) is 0.347. The third-order valence-corrected chi connectivity index (χ3v) is 7.34. The Hall–Kier alpha value is -2.40. The average Bonchev–Trinajstić information content (AvgIpc) is 3.25. The second-order valence-electron chi connectivity index (χ2n) is 7.05.